The molecular weight excluding hydrogens is 362 g/mol. The molecule has 1 saturated heterocycles. The second-order valence-electron chi connectivity index (χ2n) is 6.96. The Hall–Kier alpha value is -2.96. The minimum Gasteiger partial charge on any atom is -0.497 e. The van der Waals surface area contributed by atoms with E-state index < -0.39 is 12.1 Å². The number of fused-ring (bicyclic) bond motifs is 1. The van der Waals surface area contributed by atoms with Crippen LogP contribution >= 0.6 is 0 Å². The molecule has 148 valence electrons. The van der Waals surface area contributed by atoms with Crippen LogP contribution in [0.15, 0.2) is 36.4 Å². The summed E-state index contributed by atoms with van der Waals surface area (Å²) in [4.78, 5) is 50.4. The summed E-state index contributed by atoms with van der Waals surface area (Å²) < 4.78 is 10.2. The Balaban J connectivity index is 1.51. The number of ether oxygens (including phenoxy) is 2. The Kier molecular flexibility index (Phi) is 5.92. The first-order chi connectivity index (χ1) is 13.4. The first-order valence-electron chi connectivity index (χ1n) is 9.30. The number of imide groups is 1. The van der Waals surface area contributed by atoms with E-state index in [-0.39, 0.29) is 42.4 Å². The summed E-state index contributed by atoms with van der Waals surface area (Å²) in [7, 11) is 1.53. The van der Waals surface area contributed by atoms with Crippen LogP contribution < -0.4 is 4.74 Å². The molecule has 1 fully saturated rings. The standard InChI is InChI=1S/C21H23NO6/c1-13(19(24)14-7-9-15(27-2)10-8-14)28-18(23)11-12-22-20(25)16-5-3-4-6-17(16)21(22)26/h3-4,7-10,13,16-17H,5-6,11-12H2,1-2H3/t13-,16-,17+/m1/s1. The molecule has 28 heavy (non-hydrogen) atoms. The van der Waals surface area contributed by atoms with Crippen molar-refractivity contribution < 1.29 is 28.7 Å². The van der Waals surface area contributed by atoms with Crippen LogP contribution in [0.5, 0.6) is 5.75 Å². The maximum absolute atomic E-state index is 12.4. The summed E-state index contributed by atoms with van der Waals surface area (Å²) >= 11 is 0. The van der Waals surface area contributed by atoms with Gasteiger partial charge in [-0.1, -0.05) is 12.2 Å². The summed E-state index contributed by atoms with van der Waals surface area (Å²) in [5.74, 6) is -1.42. The molecule has 1 aliphatic heterocycles. The lowest BCUT2D eigenvalue weighted by Crippen LogP contribution is -2.34. The third kappa shape index (κ3) is 3.98. The highest BCUT2D eigenvalue weighted by atomic mass is 16.5. The molecule has 0 N–H and O–H groups in total. The van der Waals surface area contributed by atoms with E-state index in [0.717, 1.165) is 4.90 Å². The molecule has 7 nitrogen and oxygen atoms in total. The molecule has 2 aliphatic rings. The highest BCUT2D eigenvalue weighted by molar-refractivity contribution is 6.05. The molecule has 0 saturated carbocycles. The zero-order chi connectivity index (χ0) is 20.3. The van der Waals surface area contributed by atoms with Gasteiger partial charge in [-0.15, -0.1) is 0 Å². The molecule has 1 aromatic rings. The number of methoxy groups -OCH3 is 1. The van der Waals surface area contributed by atoms with Gasteiger partial charge in [-0.25, -0.2) is 0 Å². The molecule has 2 amide bonds. The first-order valence-corrected chi connectivity index (χ1v) is 9.30. The van der Waals surface area contributed by atoms with Gasteiger partial charge in [0.15, 0.2) is 6.10 Å². The van der Waals surface area contributed by atoms with Crippen LogP contribution in [-0.2, 0) is 19.1 Å². The SMILES string of the molecule is COc1ccc(C(=O)[C@@H](C)OC(=O)CCN2C(=O)[C@H]3CC=CC[C@H]3C2=O)cc1. The van der Waals surface area contributed by atoms with Crippen LogP contribution in [0.2, 0.25) is 0 Å². The van der Waals surface area contributed by atoms with Gasteiger partial charge in [0.05, 0.1) is 25.4 Å². The Bertz CT molecular complexity index is 787. The number of hydrogen-bond donors (Lipinski definition) is 0. The number of ketones is 1. The second kappa shape index (κ2) is 8.37. The molecule has 0 spiro atoms. The van der Waals surface area contributed by atoms with Crippen LogP contribution in [0.4, 0.5) is 0 Å². The summed E-state index contributed by atoms with van der Waals surface area (Å²) in [5, 5.41) is 0. The Morgan fingerprint density at radius 2 is 1.64 bits per heavy atom. The highest BCUT2D eigenvalue weighted by Crippen LogP contribution is 2.35. The Labute approximate surface area is 163 Å². The third-order valence-corrected chi connectivity index (χ3v) is 5.19. The maximum Gasteiger partial charge on any atom is 0.308 e. The zero-order valence-corrected chi connectivity index (χ0v) is 15.9. The lowest BCUT2D eigenvalue weighted by molar-refractivity contribution is -0.147. The lowest BCUT2D eigenvalue weighted by Gasteiger charge is -2.16. The van der Waals surface area contributed by atoms with E-state index in [1.807, 2.05) is 12.2 Å². The van der Waals surface area contributed by atoms with Gasteiger partial charge >= 0.3 is 5.97 Å². The number of benzene rings is 1. The number of esters is 1. The van der Waals surface area contributed by atoms with Gasteiger partial charge in [0.2, 0.25) is 17.6 Å². The van der Waals surface area contributed by atoms with Crippen LogP contribution in [0, 0.1) is 11.8 Å². The van der Waals surface area contributed by atoms with Gasteiger partial charge in [-0.05, 0) is 44.0 Å². The largest absolute Gasteiger partial charge is 0.497 e. The fourth-order valence-corrected chi connectivity index (χ4v) is 3.59. The van der Waals surface area contributed by atoms with Gasteiger partial charge in [0, 0.05) is 12.1 Å². The van der Waals surface area contributed by atoms with Crippen LogP contribution in [0.25, 0.3) is 0 Å². The summed E-state index contributed by atoms with van der Waals surface area (Å²) in [6.45, 7) is 1.48. The Morgan fingerprint density at radius 1 is 1.07 bits per heavy atom. The molecule has 0 bridgehead atoms. The molecule has 0 aromatic heterocycles. The van der Waals surface area contributed by atoms with Gasteiger partial charge in [-0.2, -0.15) is 0 Å². The number of Topliss-reactive ketones (excluding diaryl/α,β-unsaturated/α-hetero) is 1. The van der Waals surface area contributed by atoms with Crippen molar-refractivity contribution in [3.63, 3.8) is 0 Å². The average molecular weight is 385 g/mol. The van der Waals surface area contributed by atoms with Gasteiger partial charge in [0.1, 0.15) is 5.75 Å². The number of hydrogen-bond acceptors (Lipinski definition) is 6. The van der Waals surface area contributed by atoms with Crippen LogP contribution in [0.3, 0.4) is 0 Å². The monoisotopic (exact) mass is 385 g/mol. The van der Waals surface area contributed by atoms with E-state index in [2.05, 4.69) is 0 Å². The van der Waals surface area contributed by atoms with Crippen molar-refractivity contribution in [3.05, 3.63) is 42.0 Å². The normalized spacial score (nSPS) is 22.0. The van der Waals surface area contributed by atoms with E-state index in [4.69, 9.17) is 9.47 Å². The van der Waals surface area contributed by atoms with E-state index in [9.17, 15) is 19.2 Å². The number of allylic oxidation sites excluding steroid dienone is 2. The Morgan fingerprint density at radius 3 is 2.18 bits per heavy atom. The molecule has 1 aromatic carbocycles. The topological polar surface area (TPSA) is 90.0 Å². The molecule has 0 radical (unpaired) electrons. The van der Waals surface area contributed by atoms with E-state index >= 15 is 0 Å². The predicted molar refractivity (Wildman–Crippen MR) is 99.6 cm³/mol. The summed E-state index contributed by atoms with van der Waals surface area (Å²) in [5.41, 5.74) is 0.405. The predicted octanol–water partition coefficient (Wildman–Crippen LogP) is 2.15. The third-order valence-electron chi connectivity index (χ3n) is 5.19. The second-order valence-corrected chi connectivity index (χ2v) is 6.96. The smallest absolute Gasteiger partial charge is 0.308 e. The molecule has 1 aliphatic carbocycles. The molecular formula is C21H23NO6. The molecule has 7 heteroatoms. The van der Waals surface area contributed by atoms with Crippen molar-refractivity contribution in [2.45, 2.75) is 32.3 Å². The number of carbonyl (C=O) groups is 4. The molecule has 3 atom stereocenters. The lowest BCUT2D eigenvalue weighted by atomic mass is 9.85. The summed E-state index contributed by atoms with van der Waals surface area (Å²) in [6, 6.07) is 6.51. The van der Waals surface area contributed by atoms with Crippen molar-refractivity contribution >= 4 is 23.6 Å². The van der Waals surface area contributed by atoms with Crippen molar-refractivity contribution in [3.8, 4) is 5.75 Å². The minimum absolute atomic E-state index is 0.0209. The van der Waals surface area contributed by atoms with Crippen LogP contribution in [-0.4, -0.2) is 48.2 Å². The summed E-state index contributed by atoms with van der Waals surface area (Å²) in [6.07, 6.45) is 3.85. The number of carbonyl (C=O) groups excluding carboxylic acids is 4. The fourth-order valence-electron chi connectivity index (χ4n) is 3.59. The zero-order valence-electron chi connectivity index (χ0n) is 15.9. The number of amides is 2. The average Bonchev–Trinajstić information content (AvgIpc) is 2.96. The van der Waals surface area contributed by atoms with Crippen molar-refractivity contribution in [1.82, 2.24) is 4.90 Å². The van der Waals surface area contributed by atoms with E-state index in [1.165, 1.54) is 14.0 Å². The number of rotatable bonds is 7. The number of nitrogens with zero attached hydrogens (tertiary/aromatic N) is 1. The number of likely N-dealkylation sites (tertiary alicyclic amines) is 1. The maximum atomic E-state index is 12.4. The quantitative estimate of drug-likeness (QED) is 0.309. The van der Waals surface area contributed by atoms with Crippen molar-refractivity contribution in [1.29, 1.82) is 0 Å². The molecule has 0 unspecified atom stereocenters. The van der Waals surface area contributed by atoms with E-state index in [1.54, 1.807) is 24.3 Å². The van der Waals surface area contributed by atoms with Gasteiger partial charge < -0.3 is 9.47 Å². The minimum atomic E-state index is -0.961. The first kappa shape index (κ1) is 19.8. The highest BCUT2D eigenvalue weighted by Gasteiger charge is 2.47. The van der Waals surface area contributed by atoms with Gasteiger partial charge in [-0.3, -0.25) is 24.1 Å². The van der Waals surface area contributed by atoms with E-state index in [0.29, 0.717) is 24.2 Å². The fraction of sp³-hybridized carbons (Fsp3) is 0.429. The molecule has 3 rings (SSSR count). The van der Waals surface area contributed by atoms with Crippen molar-refractivity contribution in [2.24, 2.45) is 11.8 Å². The van der Waals surface area contributed by atoms with Gasteiger partial charge in [0.25, 0.3) is 0 Å². The molecule has 1 heterocycles. The van der Waals surface area contributed by atoms with Crippen LogP contribution in [0.1, 0.15) is 36.5 Å². The van der Waals surface area contributed by atoms with Crippen molar-refractivity contribution in [2.75, 3.05) is 13.7 Å².